The van der Waals surface area contributed by atoms with E-state index in [2.05, 4.69) is 84.3 Å². The van der Waals surface area contributed by atoms with Crippen molar-refractivity contribution in [1.29, 1.82) is 0 Å². The molecule has 6 heteroatoms. The molecule has 0 bridgehead atoms. The van der Waals surface area contributed by atoms with E-state index < -0.39 is 0 Å². The first-order chi connectivity index (χ1) is 13.5. The first-order valence-electron chi connectivity index (χ1n) is 10.5. The van der Waals surface area contributed by atoms with Crippen molar-refractivity contribution in [1.82, 2.24) is 25.4 Å². The van der Waals surface area contributed by atoms with Crippen LogP contribution in [0.3, 0.4) is 0 Å². The number of fused-ring (bicyclic) bond motifs is 1. The van der Waals surface area contributed by atoms with Crippen molar-refractivity contribution in [2.24, 2.45) is 4.99 Å². The van der Waals surface area contributed by atoms with Crippen molar-refractivity contribution in [3.63, 3.8) is 0 Å². The summed E-state index contributed by atoms with van der Waals surface area (Å²) in [5, 5.41) is 11.7. The molecule has 0 spiro atoms. The summed E-state index contributed by atoms with van der Waals surface area (Å²) in [5.41, 5.74) is 2.62. The molecule has 1 aromatic carbocycles. The summed E-state index contributed by atoms with van der Waals surface area (Å²) in [4.78, 5) is 9.52. The number of benzene rings is 1. The molecule has 2 unspecified atom stereocenters. The van der Waals surface area contributed by atoms with E-state index in [1.807, 2.05) is 0 Å². The third-order valence-corrected chi connectivity index (χ3v) is 5.25. The van der Waals surface area contributed by atoms with Crippen molar-refractivity contribution in [2.45, 2.75) is 71.9 Å². The molecule has 2 N–H and O–H groups in total. The average Bonchev–Trinajstić information content (AvgIpc) is 3.10. The summed E-state index contributed by atoms with van der Waals surface area (Å²) >= 11 is 0. The Morgan fingerprint density at radius 2 is 2.00 bits per heavy atom. The highest BCUT2D eigenvalue weighted by atomic mass is 15.4. The molecule has 3 rings (SSSR count). The van der Waals surface area contributed by atoms with Crippen LogP contribution in [0, 0.1) is 6.92 Å². The maximum Gasteiger partial charge on any atom is 0.191 e. The van der Waals surface area contributed by atoms with Crippen molar-refractivity contribution in [3.8, 4) is 0 Å². The molecule has 1 aliphatic rings. The Kier molecular flexibility index (Phi) is 6.70. The van der Waals surface area contributed by atoms with Gasteiger partial charge in [-0.1, -0.05) is 50.6 Å². The van der Waals surface area contributed by atoms with Gasteiger partial charge in [0.05, 0.1) is 6.54 Å². The first kappa shape index (κ1) is 20.4. The second-order valence-corrected chi connectivity index (χ2v) is 8.13. The SMILES string of the molecule is CCNC(=NCC(C)c1ccc(C)cc1)NC1CCc2nc(C(C)C)nn2C1. The van der Waals surface area contributed by atoms with Gasteiger partial charge in [-0.05, 0) is 25.8 Å². The zero-order chi connectivity index (χ0) is 20.1. The van der Waals surface area contributed by atoms with Crippen LogP contribution in [0.2, 0.25) is 0 Å². The zero-order valence-corrected chi connectivity index (χ0v) is 17.9. The van der Waals surface area contributed by atoms with Crippen LogP contribution in [0.25, 0.3) is 0 Å². The van der Waals surface area contributed by atoms with E-state index in [1.54, 1.807) is 0 Å². The number of aromatic nitrogens is 3. The third kappa shape index (κ3) is 5.12. The number of guanidine groups is 1. The molecule has 2 aromatic rings. The van der Waals surface area contributed by atoms with Crippen LogP contribution < -0.4 is 10.6 Å². The van der Waals surface area contributed by atoms with Gasteiger partial charge in [0.1, 0.15) is 5.82 Å². The molecular formula is C22H34N6. The van der Waals surface area contributed by atoms with Crippen molar-refractivity contribution >= 4 is 5.96 Å². The molecule has 0 radical (unpaired) electrons. The van der Waals surface area contributed by atoms with Gasteiger partial charge in [0, 0.05) is 37.4 Å². The summed E-state index contributed by atoms with van der Waals surface area (Å²) in [6.07, 6.45) is 2.00. The lowest BCUT2D eigenvalue weighted by molar-refractivity contribution is 0.391. The summed E-state index contributed by atoms with van der Waals surface area (Å²) < 4.78 is 2.06. The van der Waals surface area contributed by atoms with E-state index in [4.69, 9.17) is 4.99 Å². The Morgan fingerprint density at radius 1 is 1.25 bits per heavy atom. The molecule has 28 heavy (non-hydrogen) atoms. The Bertz CT molecular complexity index is 790. The fourth-order valence-corrected chi connectivity index (χ4v) is 3.43. The summed E-state index contributed by atoms with van der Waals surface area (Å²) in [6.45, 7) is 13.2. The van der Waals surface area contributed by atoms with Gasteiger partial charge < -0.3 is 10.6 Å². The van der Waals surface area contributed by atoms with Gasteiger partial charge in [0.25, 0.3) is 0 Å². The van der Waals surface area contributed by atoms with E-state index in [9.17, 15) is 0 Å². The maximum absolute atomic E-state index is 4.84. The number of hydrogen-bond acceptors (Lipinski definition) is 3. The lowest BCUT2D eigenvalue weighted by Gasteiger charge is -2.25. The van der Waals surface area contributed by atoms with E-state index in [1.165, 1.54) is 11.1 Å². The summed E-state index contributed by atoms with van der Waals surface area (Å²) in [6, 6.07) is 9.07. The predicted octanol–water partition coefficient (Wildman–Crippen LogP) is 3.38. The number of nitrogens with zero attached hydrogens (tertiary/aromatic N) is 4. The fourth-order valence-electron chi connectivity index (χ4n) is 3.43. The highest BCUT2D eigenvalue weighted by Crippen LogP contribution is 2.18. The van der Waals surface area contributed by atoms with Crippen LogP contribution in [0.15, 0.2) is 29.3 Å². The number of aliphatic imine (C=N–C) groups is 1. The van der Waals surface area contributed by atoms with E-state index in [0.29, 0.717) is 17.9 Å². The van der Waals surface area contributed by atoms with Gasteiger partial charge in [0.2, 0.25) is 0 Å². The normalized spacial score (nSPS) is 18.1. The quantitative estimate of drug-likeness (QED) is 0.594. The van der Waals surface area contributed by atoms with Gasteiger partial charge >= 0.3 is 0 Å². The first-order valence-corrected chi connectivity index (χ1v) is 10.5. The monoisotopic (exact) mass is 382 g/mol. The lowest BCUT2D eigenvalue weighted by Crippen LogP contribution is -2.47. The van der Waals surface area contributed by atoms with Crippen LogP contribution in [-0.4, -0.2) is 39.9 Å². The molecule has 2 heterocycles. The molecule has 0 saturated carbocycles. The van der Waals surface area contributed by atoms with Crippen LogP contribution in [0.4, 0.5) is 0 Å². The smallest absolute Gasteiger partial charge is 0.191 e. The minimum atomic E-state index is 0.321. The highest BCUT2D eigenvalue weighted by Gasteiger charge is 2.23. The minimum absolute atomic E-state index is 0.321. The molecule has 0 aliphatic carbocycles. The topological polar surface area (TPSA) is 67.1 Å². The molecule has 1 aliphatic heterocycles. The van der Waals surface area contributed by atoms with Crippen LogP contribution in [0.5, 0.6) is 0 Å². The van der Waals surface area contributed by atoms with Gasteiger partial charge in [0.15, 0.2) is 11.8 Å². The predicted molar refractivity (Wildman–Crippen MR) is 115 cm³/mol. The van der Waals surface area contributed by atoms with Gasteiger partial charge in [-0.15, -0.1) is 0 Å². The molecule has 152 valence electrons. The molecular weight excluding hydrogens is 348 g/mol. The number of aryl methyl sites for hydroxylation is 2. The van der Waals surface area contributed by atoms with Crippen LogP contribution in [0.1, 0.15) is 68.7 Å². The van der Waals surface area contributed by atoms with E-state index >= 15 is 0 Å². The molecule has 6 nitrogen and oxygen atoms in total. The van der Waals surface area contributed by atoms with E-state index in [0.717, 1.165) is 50.1 Å². The lowest BCUT2D eigenvalue weighted by atomic mass is 10.0. The zero-order valence-electron chi connectivity index (χ0n) is 17.9. The van der Waals surface area contributed by atoms with Crippen molar-refractivity contribution in [2.75, 3.05) is 13.1 Å². The Labute approximate surface area is 168 Å². The van der Waals surface area contributed by atoms with Crippen molar-refractivity contribution < 1.29 is 0 Å². The molecule has 0 fully saturated rings. The standard InChI is InChI=1S/C22H34N6/c1-6-23-22(24-13-17(5)18-9-7-16(4)8-10-18)25-19-11-12-20-26-21(15(2)3)27-28(20)14-19/h7-10,15,17,19H,6,11-14H2,1-5H3,(H2,23,24,25). The fraction of sp³-hybridized carbons (Fsp3) is 0.591. The molecule has 0 saturated heterocycles. The Morgan fingerprint density at radius 3 is 2.68 bits per heavy atom. The van der Waals surface area contributed by atoms with Gasteiger partial charge in [-0.2, -0.15) is 5.10 Å². The Balaban J connectivity index is 1.62. The van der Waals surface area contributed by atoms with Gasteiger partial charge in [-0.25, -0.2) is 9.67 Å². The van der Waals surface area contributed by atoms with Crippen LogP contribution >= 0.6 is 0 Å². The van der Waals surface area contributed by atoms with Gasteiger partial charge in [-0.3, -0.25) is 4.99 Å². The number of rotatable bonds is 6. The van der Waals surface area contributed by atoms with E-state index in [-0.39, 0.29) is 0 Å². The second kappa shape index (κ2) is 9.22. The maximum atomic E-state index is 4.84. The minimum Gasteiger partial charge on any atom is -0.357 e. The van der Waals surface area contributed by atoms with Crippen LogP contribution in [-0.2, 0) is 13.0 Å². The molecule has 1 aromatic heterocycles. The summed E-state index contributed by atoms with van der Waals surface area (Å²) in [5.74, 6) is 3.70. The average molecular weight is 383 g/mol. The second-order valence-electron chi connectivity index (χ2n) is 8.13. The highest BCUT2D eigenvalue weighted by molar-refractivity contribution is 5.80. The molecule has 2 atom stereocenters. The number of hydrogen-bond donors (Lipinski definition) is 2. The van der Waals surface area contributed by atoms with Crippen molar-refractivity contribution in [3.05, 3.63) is 47.0 Å². The largest absolute Gasteiger partial charge is 0.357 e. The number of nitrogens with one attached hydrogen (secondary N) is 2. The summed E-state index contributed by atoms with van der Waals surface area (Å²) in [7, 11) is 0. The third-order valence-electron chi connectivity index (χ3n) is 5.25. The molecule has 0 amide bonds. The Hall–Kier alpha value is -2.37.